The Bertz CT molecular complexity index is 390. The molecule has 104 valence electrons. The highest BCUT2D eigenvalue weighted by molar-refractivity contribution is 5.30. The molecule has 1 aromatic rings. The van der Waals surface area contributed by atoms with Crippen LogP contribution in [-0.2, 0) is 0 Å². The summed E-state index contributed by atoms with van der Waals surface area (Å²) >= 11 is 0. The van der Waals surface area contributed by atoms with Crippen molar-refractivity contribution in [2.24, 2.45) is 11.7 Å². The Labute approximate surface area is 116 Å². The zero-order valence-electron chi connectivity index (χ0n) is 11.7. The van der Waals surface area contributed by atoms with E-state index >= 15 is 0 Å². The van der Waals surface area contributed by atoms with Crippen LogP contribution in [0, 0.1) is 5.92 Å². The van der Waals surface area contributed by atoms with Gasteiger partial charge in [-0.3, -0.25) is 0 Å². The van der Waals surface area contributed by atoms with E-state index in [9.17, 15) is 0 Å². The number of benzene rings is 1. The summed E-state index contributed by atoms with van der Waals surface area (Å²) in [7, 11) is 0. The van der Waals surface area contributed by atoms with Crippen molar-refractivity contribution in [3.8, 4) is 5.75 Å². The molecule has 0 bridgehead atoms. The van der Waals surface area contributed by atoms with Crippen LogP contribution >= 0.6 is 0 Å². The quantitative estimate of drug-likeness (QED) is 0.842. The molecule has 2 saturated carbocycles. The number of ether oxygens (including phenoxy) is 1. The summed E-state index contributed by atoms with van der Waals surface area (Å²) in [6, 6.07) is 8.81. The second-order valence-corrected chi connectivity index (χ2v) is 6.11. The van der Waals surface area contributed by atoms with Gasteiger partial charge < -0.3 is 10.5 Å². The van der Waals surface area contributed by atoms with Crippen LogP contribution in [0.5, 0.6) is 5.75 Å². The van der Waals surface area contributed by atoms with Gasteiger partial charge in [-0.2, -0.15) is 0 Å². The average molecular weight is 259 g/mol. The Morgan fingerprint density at radius 3 is 2.32 bits per heavy atom. The van der Waals surface area contributed by atoms with Gasteiger partial charge in [-0.25, -0.2) is 0 Å². The molecule has 2 aliphatic carbocycles. The van der Waals surface area contributed by atoms with Crippen LogP contribution in [0.25, 0.3) is 0 Å². The van der Waals surface area contributed by atoms with Crippen LogP contribution in [0.2, 0.25) is 0 Å². The zero-order valence-corrected chi connectivity index (χ0v) is 11.7. The number of nitrogens with two attached hydrogens (primary N) is 1. The maximum absolute atomic E-state index is 6.02. The Balaban J connectivity index is 1.63. The van der Waals surface area contributed by atoms with E-state index in [1.807, 2.05) is 0 Å². The van der Waals surface area contributed by atoms with Gasteiger partial charge in [0.2, 0.25) is 0 Å². The molecule has 1 unspecified atom stereocenters. The van der Waals surface area contributed by atoms with Crippen molar-refractivity contribution in [3.63, 3.8) is 0 Å². The topological polar surface area (TPSA) is 35.2 Å². The molecule has 0 amide bonds. The van der Waals surface area contributed by atoms with Crippen molar-refractivity contribution in [1.82, 2.24) is 0 Å². The van der Waals surface area contributed by atoms with Gasteiger partial charge in [-0.1, -0.05) is 12.1 Å². The Kier molecular flexibility index (Phi) is 4.07. The van der Waals surface area contributed by atoms with E-state index in [0.29, 0.717) is 12.0 Å². The molecule has 2 nitrogen and oxygen atoms in total. The number of hydrogen-bond acceptors (Lipinski definition) is 2. The summed E-state index contributed by atoms with van der Waals surface area (Å²) in [5.74, 6) is 2.59. The molecule has 19 heavy (non-hydrogen) atoms. The fraction of sp³-hybridized carbons (Fsp3) is 0.647. The molecule has 1 atom stereocenters. The van der Waals surface area contributed by atoms with Gasteiger partial charge in [0.15, 0.2) is 0 Å². The molecule has 0 spiro atoms. The third-order valence-electron chi connectivity index (χ3n) is 4.58. The van der Waals surface area contributed by atoms with Crippen molar-refractivity contribution in [2.75, 3.05) is 6.54 Å². The minimum Gasteiger partial charge on any atom is -0.490 e. The first-order valence-electron chi connectivity index (χ1n) is 7.83. The maximum atomic E-state index is 6.02. The number of hydrogen-bond donors (Lipinski definition) is 1. The normalized spacial score (nSPS) is 21.5. The van der Waals surface area contributed by atoms with Crippen LogP contribution in [0.1, 0.15) is 56.4 Å². The summed E-state index contributed by atoms with van der Waals surface area (Å²) in [6.45, 7) is 0.793. The molecule has 0 saturated heterocycles. The smallest absolute Gasteiger partial charge is 0.119 e. The fourth-order valence-corrected chi connectivity index (χ4v) is 3.34. The second kappa shape index (κ2) is 5.96. The lowest BCUT2D eigenvalue weighted by molar-refractivity contribution is 0.210. The highest BCUT2D eigenvalue weighted by atomic mass is 16.5. The van der Waals surface area contributed by atoms with E-state index in [2.05, 4.69) is 24.3 Å². The molecule has 2 N–H and O–H groups in total. The van der Waals surface area contributed by atoms with E-state index in [-0.39, 0.29) is 0 Å². The van der Waals surface area contributed by atoms with E-state index < -0.39 is 0 Å². The minimum atomic E-state index is 0.453. The molecular formula is C17H25NO. The van der Waals surface area contributed by atoms with Crippen LogP contribution in [0.15, 0.2) is 24.3 Å². The van der Waals surface area contributed by atoms with Crippen molar-refractivity contribution >= 4 is 0 Å². The largest absolute Gasteiger partial charge is 0.490 e. The van der Waals surface area contributed by atoms with Gasteiger partial charge in [0.1, 0.15) is 5.75 Å². The molecule has 0 aromatic heterocycles. The molecule has 2 aliphatic rings. The lowest BCUT2D eigenvalue weighted by Gasteiger charge is -2.17. The predicted molar refractivity (Wildman–Crippen MR) is 78.5 cm³/mol. The third kappa shape index (κ3) is 3.30. The molecule has 0 radical (unpaired) electrons. The summed E-state index contributed by atoms with van der Waals surface area (Å²) in [5, 5.41) is 0. The van der Waals surface area contributed by atoms with Crippen molar-refractivity contribution in [2.45, 2.75) is 57.0 Å². The van der Waals surface area contributed by atoms with Crippen LogP contribution in [0.3, 0.4) is 0 Å². The predicted octanol–water partition coefficient (Wildman–Crippen LogP) is 3.85. The van der Waals surface area contributed by atoms with Gasteiger partial charge in [-0.15, -0.1) is 0 Å². The number of rotatable bonds is 6. The van der Waals surface area contributed by atoms with E-state index in [4.69, 9.17) is 10.5 Å². The molecule has 2 heteroatoms. The lowest BCUT2D eigenvalue weighted by Crippen LogP contribution is -2.11. The van der Waals surface area contributed by atoms with Gasteiger partial charge in [0.05, 0.1) is 6.10 Å². The maximum Gasteiger partial charge on any atom is 0.119 e. The third-order valence-corrected chi connectivity index (χ3v) is 4.58. The first-order valence-corrected chi connectivity index (χ1v) is 7.83. The summed E-state index contributed by atoms with van der Waals surface area (Å²) < 4.78 is 6.02. The summed E-state index contributed by atoms with van der Waals surface area (Å²) in [4.78, 5) is 0. The summed E-state index contributed by atoms with van der Waals surface area (Å²) in [6.07, 6.45) is 9.42. The first kappa shape index (κ1) is 13.0. The van der Waals surface area contributed by atoms with Crippen molar-refractivity contribution < 1.29 is 4.74 Å². The Hall–Kier alpha value is -1.02. The van der Waals surface area contributed by atoms with E-state index in [0.717, 1.165) is 24.6 Å². The monoisotopic (exact) mass is 259 g/mol. The fourth-order valence-electron chi connectivity index (χ4n) is 3.34. The van der Waals surface area contributed by atoms with Gasteiger partial charge in [0.25, 0.3) is 0 Å². The lowest BCUT2D eigenvalue weighted by atomic mass is 9.91. The van der Waals surface area contributed by atoms with Crippen LogP contribution < -0.4 is 10.5 Å². The van der Waals surface area contributed by atoms with Crippen LogP contribution in [-0.4, -0.2) is 12.6 Å². The van der Waals surface area contributed by atoms with Crippen molar-refractivity contribution in [1.29, 1.82) is 0 Å². The van der Waals surface area contributed by atoms with E-state index in [1.54, 1.807) is 0 Å². The SMILES string of the molecule is NCCC(c1ccc(OC2CCCC2)cc1)C1CC1. The average Bonchev–Trinajstić information content (AvgIpc) is 3.15. The Morgan fingerprint density at radius 2 is 1.74 bits per heavy atom. The molecule has 0 aliphatic heterocycles. The second-order valence-electron chi connectivity index (χ2n) is 6.11. The molecular weight excluding hydrogens is 234 g/mol. The standard InChI is InChI=1S/C17H25NO/c18-12-11-17(13-5-6-13)14-7-9-16(10-8-14)19-15-3-1-2-4-15/h7-10,13,15,17H,1-6,11-12,18H2. The molecule has 0 heterocycles. The minimum absolute atomic E-state index is 0.453. The zero-order chi connectivity index (χ0) is 13.1. The molecule has 2 fully saturated rings. The van der Waals surface area contributed by atoms with Gasteiger partial charge in [-0.05, 0) is 81.0 Å². The van der Waals surface area contributed by atoms with E-state index in [1.165, 1.54) is 44.1 Å². The molecule has 3 rings (SSSR count). The first-order chi connectivity index (χ1) is 9.36. The van der Waals surface area contributed by atoms with Gasteiger partial charge in [0, 0.05) is 0 Å². The Morgan fingerprint density at radius 1 is 1.05 bits per heavy atom. The summed E-state index contributed by atoms with van der Waals surface area (Å²) in [5.41, 5.74) is 7.20. The highest BCUT2D eigenvalue weighted by Gasteiger charge is 2.31. The molecule has 1 aromatic carbocycles. The highest BCUT2D eigenvalue weighted by Crippen LogP contribution is 2.44. The van der Waals surface area contributed by atoms with Crippen LogP contribution in [0.4, 0.5) is 0 Å². The van der Waals surface area contributed by atoms with Gasteiger partial charge >= 0.3 is 0 Å². The van der Waals surface area contributed by atoms with Crippen molar-refractivity contribution in [3.05, 3.63) is 29.8 Å².